The molecule has 0 aliphatic heterocycles. The summed E-state index contributed by atoms with van der Waals surface area (Å²) in [5.74, 6) is 1.39. The Labute approximate surface area is 83.6 Å². The Morgan fingerprint density at radius 2 is 2.29 bits per heavy atom. The topological polar surface area (TPSA) is 37.3 Å². The minimum atomic E-state index is 0.235. The monoisotopic (exact) mass is 190 g/mol. The van der Waals surface area contributed by atoms with Crippen molar-refractivity contribution in [1.82, 2.24) is 0 Å². The van der Waals surface area contributed by atoms with Crippen LogP contribution in [-0.2, 0) is 11.2 Å². The number of benzene rings is 1. The van der Waals surface area contributed by atoms with Gasteiger partial charge in [0.15, 0.2) is 0 Å². The molecular formula is C12H14O2. The zero-order valence-corrected chi connectivity index (χ0v) is 8.23. The van der Waals surface area contributed by atoms with Crippen molar-refractivity contribution in [3.8, 4) is 5.75 Å². The lowest BCUT2D eigenvalue weighted by Crippen LogP contribution is -2.05. The van der Waals surface area contributed by atoms with Crippen LogP contribution < -0.4 is 0 Å². The minimum absolute atomic E-state index is 0.235. The molecule has 0 amide bonds. The molecule has 74 valence electrons. The quantitative estimate of drug-likeness (QED) is 0.793. The van der Waals surface area contributed by atoms with E-state index in [1.807, 2.05) is 6.07 Å². The van der Waals surface area contributed by atoms with Crippen molar-refractivity contribution < 1.29 is 9.90 Å². The molecule has 0 spiro atoms. The summed E-state index contributed by atoms with van der Waals surface area (Å²) >= 11 is 0. The lowest BCUT2D eigenvalue weighted by molar-refractivity contribution is -0.119. The van der Waals surface area contributed by atoms with Gasteiger partial charge in [-0.1, -0.05) is 19.1 Å². The molecule has 1 saturated carbocycles. The highest BCUT2D eigenvalue weighted by atomic mass is 16.3. The van der Waals surface area contributed by atoms with Gasteiger partial charge in [-0.15, -0.1) is 0 Å². The van der Waals surface area contributed by atoms with Gasteiger partial charge in [-0.3, -0.25) is 4.79 Å². The molecule has 2 atom stereocenters. The lowest BCUT2D eigenvalue weighted by atomic mass is 10.1. The van der Waals surface area contributed by atoms with E-state index in [4.69, 9.17) is 0 Å². The summed E-state index contributed by atoms with van der Waals surface area (Å²) in [6.07, 6.45) is 1.50. The van der Waals surface area contributed by atoms with E-state index in [2.05, 4.69) is 6.92 Å². The summed E-state index contributed by atoms with van der Waals surface area (Å²) in [6, 6.07) is 6.93. The van der Waals surface area contributed by atoms with Crippen LogP contribution in [0.1, 0.15) is 18.9 Å². The van der Waals surface area contributed by atoms with Gasteiger partial charge in [-0.25, -0.2) is 0 Å². The molecule has 1 aliphatic carbocycles. The SMILES string of the molecule is CC1CC1C(=O)Cc1cccc(O)c1. The van der Waals surface area contributed by atoms with Crippen LogP contribution in [-0.4, -0.2) is 10.9 Å². The fraction of sp³-hybridized carbons (Fsp3) is 0.417. The number of hydrogen-bond donors (Lipinski definition) is 1. The molecule has 1 aliphatic rings. The number of carbonyl (C=O) groups is 1. The molecule has 1 N–H and O–H groups in total. The molecule has 0 radical (unpaired) electrons. The summed E-state index contributed by atoms with van der Waals surface area (Å²) < 4.78 is 0. The van der Waals surface area contributed by atoms with Crippen LogP contribution in [0, 0.1) is 11.8 Å². The van der Waals surface area contributed by atoms with E-state index in [0.29, 0.717) is 18.1 Å². The van der Waals surface area contributed by atoms with Gasteiger partial charge in [0.25, 0.3) is 0 Å². The number of phenolic OH excluding ortho intramolecular Hbond substituents is 1. The maximum Gasteiger partial charge on any atom is 0.140 e. The van der Waals surface area contributed by atoms with Crippen LogP contribution in [0.5, 0.6) is 5.75 Å². The van der Waals surface area contributed by atoms with Crippen LogP contribution in [0.15, 0.2) is 24.3 Å². The molecule has 2 heteroatoms. The van der Waals surface area contributed by atoms with E-state index in [1.54, 1.807) is 18.2 Å². The van der Waals surface area contributed by atoms with Crippen LogP contribution in [0.3, 0.4) is 0 Å². The van der Waals surface area contributed by atoms with Crippen LogP contribution in [0.4, 0.5) is 0 Å². The van der Waals surface area contributed by atoms with Crippen molar-refractivity contribution in [3.05, 3.63) is 29.8 Å². The Hall–Kier alpha value is -1.31. The molecule has 1 aromatic rings. The Morgan fingerprint density at radius 3 is 2.86 bits per heavy atom. The molecule has 0 aromatic heterocycles. The average molecular weight is 190 g/mol. The normalized spacial score (nSPS) is 24.6. The predicted molar refractivity (Wildman–Crippen MR) is 54.1 cm³/mol. The first kappa shape index (κ1) is 9.25. The number of rotatable bonds is 3. The zero-order valence-electron chi connectivity index (χ0n) is 8.23. The maximum absolute atomic E-state index is 11.6. The largest absolute Gasteiger partial charge is 0.508 e. The van der Waals surface area contributed by atoms with Crippen molar-refractivity contribution in [3.63, 3.8) is 0 Å². The lowest BCUT2D eigenvalue weighted by Gasteiger charge is -2.00. The van der Waals surface area contributed by atoms with Crippen molar-refractivity contribution >= 4 is 5.78 Å². The second-order valence-electron chi connectivity index (χ2n) is 4.13. The Balaban J connectivity index is 2.00. The van der Waals surface area contributed by atoms with Gasteiger partial charge in [0.05, 0.1) is 0 Å². The molecular weight excluding hydrogens is 176 g/mol. The van der Waals surface area contributed by atoms with E-state index in [-0.39, 0.29) is 11.7 Å². The molecule has 2 nitrogen and oxygen atoms in total. The average Bonchev–Trinajstić information content (AvgIpc) is 2.82. The van der Waals surface area contributed by atoms with Gasteiger partial charge in [0.1, 0.15) is 11.5 Å². The molecule has 1 aromatic carbocycles. The van der Waals surface area contributed by atoms with Gasteiger partial charge >= 0.3 is 0 Å². The van der Waals surface area contributed by atoms with Crippen molar-refractivity contribution in [2.75, 3.05) is 0 Å². The Bertz CT molecular complexity index is 357. The third kappa shape index (κ3) is 1.95. The number of phenols is 1. The van der Waals surface area contributed by atoms with E-state index >= 15 is 0 Å². The first-order valence-electron chi connectivity index (χ1n) is 4.97. The number of Topliss-reactive ketones (excluding diaryl/α,β-unsaturated/α-hetero) is 1. The smallest absolute Gasteiger partial charge is 0.140 e. The second kappa shape index (κ2) is 3.45. The van der Waals surface area contributed by atoms with Gasteiger partial charge in [0, 0.05) is 12.3 Å². The second-order valence-corrected chi connectivity index (χ2v) is 4.13. The van der Waals surface area contributed by atoms with E-state index in [9.17, 15) is 9.90 Å². The highest BCUT2D eigenvalue weighted by Crippen LogP contribution is 2.39. The first-order valence-corrected chi connectivity index (χ1v) is 4.97. The molecule has 1 fully saturated rings. The summed E-state index contributed by atoms with van der Waals surface area (Å²) in [5.41, 5.74) is 0.911. The highest BCUT2D eigenvalue weighted by Gasteiger charge is 2.38. The van der Waals surface area contributed by atoms with Crippen LogP contribution >= 0.6 is 0 Å². The van der Waals surface area contributed by atoms with Gasteiger partial charge in [-0.2, -0.15) is 0 Å². The molecule has 2 rings (SSSR count). The predicted octanol–water partition coefficient (Wildman–Crippen LogP) is 2.16. The van der Waals surface area contributed by atoms with Crippen LogP contribution in [0.25, 0.3) is 0 Å². The molecule has 14 heavy (non-hydrogen) atoms. The molecule has 0 heterocycles. The number of carbonyl (C=O) groups excluding carboxylic acids is 1. The van der Waals surface area contributed by atoms with E-state index in [1.165, 1.54) is 0 Å². The Kier molecular flexibility index (Phi) is 2.28. The fourth-order valence-corrected chi connectivity index (χ4v) is 1.77. The highest BCUT2D eigenvalue weighted by molar-refractivity contribution is 5.85. The van der Waals surface area contributed by atoms with Gasteiger partial charge in [0.2, 0.25) is 0 Å². The standard InChI is InChI=1S/C12H14O2/c1-8-5-11(8)12(14)7-9-3-2-4-10(13)6-9/h2-4,6,8,11,13H,5,7H2,1H3. The van der Waals surface area contributed by atoms with Crippen molar-refractivity contribution in [1.29, 1.82) is 0 Å². The van der Waals surface area contributed by atoms with Crippen molar-refractivity contribution in [2.45, 2.75) is 19.8 Å². The summed E-state index contributed by atoms with van der Waals surface area (Å²) in [7, 11) is 0. The number of hydrogen-bond acceptors (Lipinski definition) is 2. The molecule has 0 bridgehead atoms. The minimum Gasteiger partial charge on any atom is -0.508 e. The fourth-order valence-electron chi connectivity index (χ4n) is 1.77. The third-order valence-electron chi connectivity index (χ3n) is 2.81. The van der Waals surface area contributed by atoms with E-state index < -0.39 is 0 Å². The maximum atomic E-state index is 11.6. The number of ketones is 1. The summed E-state index contributed by atoms with van der Waals surface area (Å²) in [4.78, 5) is 11.6. The zero-order chi connectivity index (χ0) is 10.1. The van der Waals surface area contributed by atoms with Gasteiger partial charge < -0.3 is 5.11 Å². The Morgan fingerprint density at radius 1 is 1.57 bits per heavy atom. The summed E-state index contributed by atoms with van der Waals surface area (Å²) in [5, 5.41) is 9.22. The first-order chi connectivity index (χ1) is 6.66. The van der Waals surface area contributed by atoms with E-state index in [0.717, 1.165) is 12.0 Å². The van der Waals surface area contributed by atoms with Crippen LogP contribution in [0.2, 0.25) is 0 Å². The molecule has 0 saturated heterocycles. The third-order valence-corrected chi connectivity index (χ3v) is 2.81. The van der Waals surface area contributed by atoms with Gasteiger partial charge in [-0.05, 0) is 30.0 Å². The molecule has 2 unspecified atom stereocenters. The summed E-state index contributed by atoms with van der Waals surface area (Å²) in [6.45, 7) is 2.10. The number of aromatic hydroxyl groups is 1. The van der Waals surface area contributed by atoms with Crippen molar-refractivity contribution in [2.24, 2.45) is 11.8 Å².